The van der Waals surface area contributed by atoms with E-state index in [1.807, 2.05) is 16.5 Å². The topological polar surface area (TPSA) is 60.2 Å². The third kappa shape index (κ3) is 3.14. The zero-order valence-corrected chi connectivity index (χ0v) is 18.0. The summed E-state index contributed by atoms with van der Waals surface area (Å²) in [5.41, 5.74) is 3.50. The van der Waals surface area contributed by atoms with E-state index in [0.29, 0.717) is 11.7 Å². The molecule has 1 aliphatic carbocycles. The number of benzene rings is 1. The second-order valence-corrected chi connectivity index (χ2v) is 9.50. The largest absolute Gasteiger partial charge is 0.377 e. The van der Waals surface area contributed by atoms with Crippen LogP contribution in [0.15, 0.2) is 29.7 Å². The Balaban J connectivity index is 1.43. The number of hydrogen-bond donors (Lipinski definition) is 0. The van der Waals surface area contributed by atoms with Crippen molar-refractivity contribution in [2.75, 3.05) is 19.4 Å². The van der Waals surface area contributed by atoms with Gasteiger partial charge in [-0.3, -0.25) is 9.36 Å². The van der Waals surface area contributed by atoms with Crippen molar-refractivity contribution >= 4 is 17.7 Å². The molecule has 1 saturated heterocycles. The summed E-state index contributed by atoms with van der Waals surface area (Å²) in [6, 6.07) is 6.51. The highest BCUT2D eigenvalue weighted by atomic mass is 32.2. The van der Waals surface area contributed by atoms with Crippen molar-refractivity contribution in [1.82, 2.24) is 19.7 Å². The van der Waals surface area contributed by atoms with Crippen LogP contribution in [0.4, 0.5) is 0 Å². The summed E-state index contributed by atoms with van der Waals surface area (Å²) in [5.74, 6) is 0.946. The van der Waals surface area contributed by atoms with Crippen LogP contribution in [-0.4, -0.2) is 57.1 Å². The van der Waals surface area contributed by atoms with Gasteiger partial charge in [-0.25, -0.2) is 0 Å². The summed E-state index contributed by atoms with van der Waals surface area (Å²) in [6.07, 6.45) is 3.04. The molecule has 1 saturated carbocycles. The molecule has 7 heteroatoms. The van der Waals surface area contributed by atoms with Crippen LogP contribution in [0.25, 0.3) is 5.69 Å². The highest BCUT2D eigenvalue weighted by Gasteiger charge is 2.61. The number of nitrogens with zero attached hydrogens (tertiary/aromatic N) is 4. The van der Waals surface area contributed by atoms with Gasteiger partial charge in [-0.1, -0.05) is 31.7 Å². The fourth-order valence-electron chi connectivity index (χ4n) is 4.84. The molecule has 4 rings (SSSR count). The predicted octanol–water partition coefficient (Wildman–Crippen LogP) is 3.25. The minimum atomic E-state index is 0.00961. The zero-order chi connectivity index (χ0) is 20.1. The SMILES string of the molecule is Cc1ccc(-n2cnnc2SCC(=O)N(C)C2C3CCOC3C2(C)C)cc1C. The van der Waals surface area contributed by atoms with E-state index >= 15 is 0 Å². The summed E-state index contributed by atoms with van der Waals surface area (Å²) in [5, 5.41) is 9.01. The number of hydrogen-bond acceptors (Lipinski definition) is 5. The molecule has 1 aromatic carbocycles. The molecule has 3 unspecified atom stereocenters. The van der Waals surface area contributed by atoms with Gasteiger partial charge in [-0.05, 0) is 43.5 Å². The maximum Gasteiger partial charge on any atom is 0.233 e. The van der Waals surface area contributed by atoms with Crippen LogP contribution in [-0.2, 0) is 9.53 Å². The summed E-state index contributed by atoms with van der Waals surface area (Å²) in [4.78, 5) is 14.8. The molecular weight excluding hydrogens is 372 g/mol. The second kappa shape index (κ2) is 7.19. The Hall–Kier alpha value is -1.86. The summed E-state index contributed by atoms with van der Waals surface area (Å²) in [7, 11) is 1.93. The Morgan fingerprint density at radius 1 is 1.36 bits per heavy atom. The first-order valence-corrected chi connectivity index (χ1v) is 10.8. The maximum absolute atomic E-state index is 12.9. The Bertz CT molecular complexity index is 894. The lowest BCUT2D eigenvalue weighted by molar-refractivity contribution is -0.165. The van der Waals surface area contributed by atoms with E-state index in [4.69, 9.17) is 4.74 Å². The molecule has 1 aliphatic heterocycles. The number of aryl methyl sites for hydroxylation is 2. The van der Waals surface area contributed by atoms with Gasteiger partial charge < -0.3 is 9.64 Å². The highest BCUT2D eigenvalue weighted by Crippen LogP contribution is 2.54. The lowest BCUT2D eigenvalue weighted by Crippen LogP contribution is -2.67. The molecule has 0 radical (unpaired) electrons. The van der Waals surface area contributed by atoms with Gasteiger partial charge in [0.2, 0.25) is 5.91 Å². The molecule has 1 aromatic heterocycles. The molecule has 0 spiro atoms. The minimum absolute atomic E-state index is 0.00961. The van der Waals surface area contributed by atoms with E-state index in [1.54, 1.807) is 6.33 Å². The number of ether oxygens (including phenoxy) is 1. The van der Waals surface area contributed by atoms with Crippen molar-refractivity contribution in [1.29, 1.82) is 0 Å². The third-order valence-corrected chi connectivity index (χ3v) is 7.39. The molecule has 2 aromatic rings. The van der Waals surface area contributed by atoms with Gasteiger partial charge in [0.15, 0.2) is 5.16 Å². The molecule has 0 N–H and O–H groups in total. The number of carbonyl (C=O) groups excluding carboxylic acids is 1. The van der Waals surface area contributed by atoms with E-state index in [-0.39, 0.29) is 23.5 Å². The Labute approximate surface area is 170 Å². The van der Waals surface area contributed by atoms with Crippen LogP contribution in [0, 0.1) is 25.2 Å². The lowest BCUT2D eigenvalue weighted by Gasteiger charge is -2.57. The summed E-state index contributed by atoms with van der Waals surface area (Å²) < 4.78 is 7.81. The average Bonchev–Trinajstić information content (AvgIpc) is 3.30. The molecule has 6 nitrogen and oxygen atoms in total. The molecular formula is C21H28N4O2S. The first kappa shape index (κ1) is 19.5. The molecule has 28 heavy (non-hydrogen) atoms. The standard InChI is InChI=1S/C21H28N4O2S/c1-13-6-7-15(10-14(13)2)25-12-22-23-20(25)28-11-17(26)24(5)18-16-8-9-27-19(16)21(18,3)4/h6-7,10,12,16,18-19H,8-9,11H2,1-5H3. The molecule has 1 amide bonds. The van der Waals surface area contributed by atoms with Gasteiger partial charge in [-0.2, -0.15) is 0 Å². The average molecular weight is 401 g/mol. The predicted molar refractivity (Wildman–Crippen MR) is 110 cm³/mol. The summed E-state index contributed by atoms with van der Waals surface area (Å²) >= 11 is 1.44. The fraction of sp³-hybridized carbons (Fsp3) is 0.571. The Morgan fingerprint density at radius 2 is 2.14 bits per heavy atom. The van der Waals surface area contributed by atoms with Crippen molar-refractivity contribution in [3.63, 3.8) is 0 Å². The van der Waals surface area contributed by atoms with E-state index in [0.717, 1.165) is 23.9 Å². The molecule has 3 atom stereocenters. The maximum atomic E-state index is 12.9. The zero-order valence-electron chi connectivity index (χ0n) is 17.2. The van der Waals surface area contributed by atoms with E-state index in [9.17, 15) is 4.79 Å². The second-order valence-electron chi connectivity index (χ2n) is 8.56. The summed E-state index contributed by atoms with van der Waals surface area (Å²) in [6.45, 7) is 9.41. The van der Waals surface area contributed by atoms with E-state index in [1.165, 1.54) is 22.9 Å². The van der Waals surface area contributed by atoms with Gasteiger partial charge >= 0.3 is 0 Å². The van der Waals surface area contributed by atoms with Gasteiger partial charge in [0.1, 0.15) is 6.33 Å². The van der Waals surface area contributed by atoms with Crippen molar-refractivity contribution in [2.24, 2.45) is 11.3 Å². The third-order valence-electron chi connectivity index (χ3n) is 6.46. The molecule has 2 heterocycles. The van der Waals surface area contributed by atoms with E-state index < -0.39 is 0 Å². The minimum Gasteiger partial charge on any atom is -0.377 e. The van der Waals surface area contributed by atoms with Crippen LogP contribution in [0.2, 0.25) is 0 Å². The van der Waals surface area contributed by atoms with Crippen molar-refractivity contribution in [3.8, 4) is 5.69 Å². The van der Waals surface area contributed by atoms with Crippen LogP contribution in [0.5, 0.6) is 0 Å². The Morgan fingerprint density at radius 3 is 2.89 bits per heavy atom. The fourth-order valence-corrected chi connectivity index (χ4v) is 5.70. The quantitative estimate of drug-likeness (QED) is 0.721. The number of carbonyl (C=O) groups is 1. The first-order valence-electron chi connectivity index (χ1n) is 9.78. The number of aromatic nitrogens is 3. The Kier molecular flexibility index (Phi) is 5.00. The van der Waals surface area contributed by atoms with Gasteiger partial charge in [0, 0.05) is 36.7 Å². The van der Waals surface area contributed by atoms with Gasteiger partial charge in [-0.15, -0.1) is 10.2 Å². The van der Waals surface area contributed by atoms with Gasteiger partial charge in [0.05, 0.1) is 11.9 Å². The number of thioether (sulfide) groups is 1. The van der Waals surface area contributed by atoms with Crippen molar-refractivity contribution in [3.05, 3.63) is 35.7 Å². The number of rotatable bonds is 5. The van der Waals surface area contributed by atoms with Crippen LogP contribution in [0.1, 0.15) is 31.4 Å². The molecule has 150 valence electrons. The van der Waals surface area contributed by atoms with Crippen LogP contribution < -0.4 is 0 Å². The van der Waals surface area contributed by atoms with E-state index in [2.05, 4.69) is 56.1 Å². The van der Waals surface area contributed by atoms with Crippen LogP contribution >= 0.6 is 11.8 Å². The van der Waals surface area contributed by atoms with Gasteiger partial charge in [0.25, 0.3) is 0 Å². The van der Waals surface area contributed by atoms with Crippen molar-refractivity contribution < 1.29 is 9.53 Å². The number of fused-ring (bicyclic) bond motifs is 1. The molecule has 2 fully saturated rings. The first-order chi connectivity index (χ1) is 13.3. The monoisotopic (exact) mass is 400 g/mol. The lowest BCUT2D eigenvalue weighted by atomic mass is 9.57. The van der Waals surface area contributed by atoms with Crippen LogP contribution in [0.3, 0.4) is 0 Å². The smallest absolute Gasteiger partial charge is 0.233 e. The highest BCUT2D eigenvalue weighted by molar-refractivity contribution is 7.99. The molecule has 2 aliphatic rings. The van der Waals surface area contributed by atoms with Crippen molar-refractivity contribution in [2.45, 2.75) is 51.4 Å². The molecule has 0 bridgehead atoms. The number of amides is 1. The normalized spacial score (nSPS) is 25.2.